The molecule has 2 fully saturated rings. The van der Waals surface area contributed by atoms with Gasteiger partial charge in [0, 0.05) is 35.7 Å². The number of likely N-dealkylation sites (tertiary alicyclic amines) is 1. The number of thioether (sulfide) groups is 1. The van der Waals surface area contributed by atoms with Crippen molar-refractivity contribution in [2.75, 3.05) is 24.7 Å². The second kappa shape index (κ2) is 8.38. The van der Waals surface area contributed by atoms with Crippen molar-refractivity contribution in [1.29, 1.82) is 0 Å². The van der Waals surface area contributed by atoms with Gasteiger partial charge in [0.25, 0.3) is 0 Å². The van der Waals surface area contributed by atoms with E-state index in [0.717, 1.165) is 37.0 Å². The molecule has 7 heteroatoms. The summed E-state index contributed by atoms with van der Waals surface area (Å²) in [6.45, 7) is 1.30. The standard InChI is InChI=1S/C23H24F2N2O2S/c1-30-17-5-2-15(3-6-17)12-21(28)27-10-8-23(9-11-27)14-18(23)22(29)26-16-4-7-19(24)20(25)13-16/h2-7,13,18H,8-12,14H2,1H3,(H,26,29)/t18-/m1/s1. The Morgan fingerprint density at radius 1 is 1.10 bits per heavy atom. The summed E-state index contributed by atoms with van der Waals surface area (Å²) in [7, 11) is 0. The van der Waals surface area contributed by atoms with E-state index in [1.54, 1.807) is 11.8 Å². The Morgan fingerprint density at radius 2 is 1.80 bits per heavy atom. The van der Waals surface area contributed by atoms with Crippen LogP contribution in [0.5, 0.6) is 0 Å². The van der Waals surface area contributed by atoms with Gasteiger partial charge in [-0.05, 0) is 60.8 Å². The molecule has 1 saturated carbocycles. The molecule has 2 aromatic rings. The first kappa shape index (κ1) is 20.8. The SMILES string of the molecule is CSc1ccc(CC(=O)N2CCC3(CC2)C[C@@H]3C(=O)Nc2ccc(F)c(F)c2)cc1. The molecule has 0 bridgehead atoms. The maximum atomic E-state index is 13.3. The molecule has 1 saturated heterocycles. The minimum atomic E-state index is -0.979. The van der Waals surface area contributed by atoms with Crippen LogP contribution in [0, 0.1) is 23.0 Å². The van der Waals surface area contributed by atoms with Crippen molar-refractivity contribution in [3.05, 3.63) is 59.7 Å². The van der Waals surface area contributed by atoms with Crippen LogP contribution in [-0.2, 0) is 16.0 Å². The summed E-state index contributed by atoms with van der Waals surface area (Å²) in [5, 5.41) is 2.69. The fourth-order valence-electron chi connectivity index (χ4n) is 4.31. The van der Waals surface area contributed by atoms with Crippen molar-refractivity contribution in [2.24, 2.45) is 11.3 Å². The molecule has 4 rings (SSSR count). The molecule has 1 heterocycles. The highest BCUT2D eigenvalue weighted by molar-refractivity contribution is 7.98. The van der Waals surface area contributed by atoms with E-state index in [-0.39, 0.29) is 28.8 Å². The van der Waals surface area contributed by atoms with Crippen LogP contribution in [-0.4, -0.2) is 36.1 Å². The van der Waals surface area contributed by atoms with Crippen molar-refractivity contribution in [3.8, 4) is 0 Å². The average Bonchev–Trinajstić information content (AvgIpc) is 3.45. The normalized spacial score (nSPS) is 19.6. The summed E-state index contributed by atoms with van der Waals surface area (Å²) < 4.78 is 26.4. The smallest absolute Gasteiger partial charge is 0.228 e. The number of hydrogen-bond acceptors (Lipinski definition) is 3. The third kappa shape index (κ3) is 4.36. The molecular formula is C23H24F2N2O2S. The predicted molar refractivity (Wildman–Crippen MR) is 113 cm³/mol. The number of nitrogens with one attached hydrogen (secondary N) is 1. The maximum absolute atomic E-state index is 13.3. The minimum absolute atomic E-state index is 0.0700. The molecule has 1 atom stereocenters. The van der Waals surface area contributed by atoms with E-state index in [4.69, 9.17) is 0 Å². The van der Waals surface area contributed by atoms with Gasteiger partial charge >= 0.3 is 0 Å². The molecule has 158 valence electrons. The quantitative estimate of drug-likeness (QED) is 0.711. The fourth-order valence-corrected chi connectivity index (χ4v) is 4.71. The van der Waals surface area contributed by atoms with Crippen LogP contribution in [0.15, 0.2) is 47.4 Å². The number of benzene rings is 2. The first-order valence-corrected chi connectivity index (χ1v) is 11.3. The van der Waals surface area contributed by atoms with Crippen LogP contribution in [0.4, 0.5) is 14.5 Å². The Hall–Kier alpha value is -2.41. The molecule has 1 aliphatic carbocycles. The molecular weight excluding hydrogens is 406 g/mol. The molecule has 0 unspecified atom stereocenters. The van der Waals surface area contributed by atoms with E-state index >= 15 is 0 Å². The molecule has 2 amide bonds. The van der Waals surface area contributed by atoms with Gasteiger partial charge in [-0.15, -0.1) is 11.8 Å². The molecule has 4 nitrogen and oxygen atoms in total. The lowest BCUT2D eigenvalue weighted by Gasteiger charge is -2.33. The molecule has 2 aliphatic rings. The molecule has 1 spiro atoms. The summed E-state index contributed by atoms with van der Waals surface area (Å²) in [4.78, 5) is 28.2. The van der Waals surface area contributed by atoms with Crippen molar-refractivity contribution in [3.63, 3.8) is 0 Å². The second-order valence-electron chi connectivity index (χ2n) is 8.14. The van der Waals surface area contributed by atoms with Gasteiger partial charge in [-0.25, -0.2) is 8.78 Å². The van der Waals surface area contributed by atoms with E-state index < -0.39 is 11.6 Å². The number of carbonyl (C=O) groups is 2. The Labute approximate surface area is 179 Å². The Kier molecular flexibility index (Phi) is 5.82. The number of carbonyl (C=O) groups excluding carboxylic acids is 2. The minimum Gasteiger partial charge on any atom is -0.342 e. The van der Waals surface area contributed by atoms with E-state index in [9.17, 15) is 18.4 Å². The van der Waals surface area contributed by atoms with E-state index in [0.29, 0.717) is 19.5 Å². The number of piperidine rings is 1. The van der Waals surface area contributed by atoms with Crippen molar-refractivity contribution < 1.29 is 18.4 Å². The fraction of sp³-hybridized carbons (Fsp3) is 0.391. The van der Waals surface area contributed by atoms with Crippen molar-refractivity contribution in [1.82, 2.24) is 4.90 Å². The summed E-state index contributed by atoms with van der Waals surface area (Å²) >= 11 is 1.67. The van der Waals surface area contributed by atoms with Gasteiger partial charge < -0.3 is 10.2 Å². The van der Waals surface area contributed by atoms with Gasteiger partial charge in [-0.1, -0.05) is 12.1 Å². The lowest BCUT2D eigenvalue weighted by atomic mass is 9.90. The van der Waals surface area contributed by atoms with E-state index in [1.807, 2.05) is 35.4 Å². The maximum Gasteiger partial charge on any atom is 0.228 e. The Balaban J connectivity index is 1.28. The number of halogens is 2. The van der Waals surface area contributed by atoms with Crippen LogP contribution < -0.4 is 5.32 Å². The first-order valence-electron chi connectivity index (χ1n) is 10.1. The van der Waals surface area contributed by atoms with Crippen molar-refractivity contribution in [2.45, 2.75) is 30.6 Å². The summed E-state index contributed by atoms with van der Waals surface area (Å²) in [5.74, 6) is -2.09. The van der Waals surface area contributed by atoms with Gasteiger partial charge in [0.05, 0.1) is 6.42 Å². The zero-order valence-electron chi connectivity index (χ0n) is 16.8. The van der Waals surface area contributed by atoms with Gasteiger partial charge in [0.1, 0.15) is 0 Å². The average molecular weight is 431 g/mol. The monoisotopic (exact) mass is 430 g/mol. The molecule has 2 aromatic carbocycles. The van der Waals surface area contributed by atoms with Crippen LogP contribution >= 0.6 is 11.8 Å². The topological polar surface area (TPSA) is 49.4 Å². The summed E-state index contributed by atoms with van der Waals surface area (Å²) in [6.07, 6.45) is 4.77. The highest BCUT2D eigenvalue weighted by Crippen LogP contribution is 2.59. The number of rotatable bonds is 5. The number of hydrogen-bond donors (Lipinski definition) is 1. The third-order valence-electron chi connectivity index (χ3n) is 6.32. The van der Waals surface area contributed by atoms with Gasteiger partial charge in [-0.2, -0.15) is 0 Å². The molecule has 0 aromatic heterocycles. The van der Waals surface area contributed by atoms with Gasteiger partial charge in [0.15, 0.2) is 11.6 Å². The zero-order valence-corrected chi connectivity index (χ0v) is 17.6. The molecule has 1 aliphatic heterocycles. The predicted octanol–water partition coefficient (Wildman–Crippen LogP) is 4.50. The second-order valence-corrected chi connectivity index (χ2v) is 9.02. The van der Waals surface area contributed by atoms with Gasteiger partial charge in [-0.3, -0.25) is 9.59 Å². The summed E-state index contributed by atoms with van der Waals surface area (Å²) in [5.41, 5.74) is 1.20. The summed E-state index contributed by atoms with van der Waals surface area (Å²) in [6, 6.07) is 11.4. The first-order chi connectivity index (χ1) is 14.4. The largest absolute Gasteiger partial charge is 0.342 e. The lowest BCUT2D eigenvalue weighted by molar-refractivity contribution is -0.132. The lowest BCUT2D eigenvalue weighted by Crippen LogP contribution is -2.41. The molecule has 30 heavy (non-hydrogen) atoms. The Morgan fingerprint density at radius 3 is 2.43 bits per heavy atom. The number of nitrogens with zero attached hydrogens (tertiary/aromatic N) is 1. The van der Waals surface area contributed by atoms with Crippen LogP contribution in [0.1, 0.15) is 24.8 Å². The zero-order chi connectivity index (χ0) is 21.3. The Bertz CT molecular complexity index is 956. The van der Waals surface area contributed by atoms with Crippen LogP contribution in [0.25, 0.3) is 0 Å². The molecule has 0 radical (unpaired) electrons. The van der Waals surface area contributed by atoms with Crippen LogP contribution in [0.2, 0.25) is 0 Å². The number of amides is 2. The third-order valence-corrected chi connectivity index (χ3v) is 7.06. The highest BCUT2D eigenvalue weighted by atomic mass is 32.2. The van der Waals surface area contributed by atoms with Crippen LogP contribution in [0.3, 0.4) is 0 Å². The molecule has 1 N–H and O–H groups in total. The van der Waals surface area contributed by atoms with Gasteiger partial charge in [0.2, 0.25) is 11.8 Å². The van der Waals surface area contributed by atoms with E-state index in [2.05, 4.69) is 5.32 Å². The van der Waals surface area contributed by atoms with E-state index in [1.165, 1.54) is 11.0 Å². The van der Waals surface area contributed by atoms with Crippen molar-refractivity contribution >= 4 is 29.3 Å². The number of anilines is 1. The highest BCUT2D eigenvalue weighted by Gasteiger charge is 2.58.